The molecule has 0 bridgehead atoms. The van der Waals surface area contributed by atoms with Crippen LogP contribution < -0.4 is 5.32 Å². The van der Waals surface area contributed by atoms with Crippen LogP contribution in [-0.4, -0.2) is 37.1 Å². The summed E-state index contributed by atoms with van der Waals surface area (Å²) in [5.74, 6) is 0.866. The molecule has 1 aliphatic rings. The molecule has 0 aromatic heterocycles. The molecule has 1 saturated heterocycles. The molecule has 1 aliphatic heterocycles. The highest BCUT2D eigenvalue weighted by atomic mass is 15.2. The SMILES string of the molecule is CCCC(C)CN(CC)C1CCNCC1. The topological polar surface area (TPSA) is 15.3 Å². The second-order valence-electron chi connectivity index (χ2n) is 4.96. The van der Waals surface area contributed by atoms with E-state index in [1.165, 1.54) is 51.9 Å². The molecule has 0 aromatic rings. The average molecular weight is 212 g/mol. The third kappa shape index (κ3) is 4.52. The first-order valence-electron chi connectivity index (χ1n) is 6.72. The minimum absolute atomic E-state index is 0.843. The van der Waals surface area contributed by atoms with Gasteiger partial charge in [-0.3, -0.25) is 0 Å². The normalized spacial score (nSPS) is 20.8. The third-order valence-corrected chi connectivity index (χ3v) is 3.56. The maximum Gasteiger partial charge on any atom is 0.0119 e. The minimum Gasteiger partial charge on any atom is -0.317 e. The predicted molar refractivity (Wildman–Crippen MR) is 67.2 cm³/mol. The van der Waals surface area contributed by atoms with Crippen LogP contribution in [0, 0.1) is 5.92 Å². The maximum absolute atomic E-state index is 3.45. The van der Waals surface area contributed by atoms with Gasteiger partial charge in [0.2, 0.25) is 0 Å². The molecule has 90 valence electrons. The van der Waals surface area contributed by atoms with Gasteiger partial charge in [0.15, 0.2) is 0 Å². The molecule has 1 fully saturated rings. The number of nitrogens with zero attached hydrogens (tertiary/aromatic N) is 1. The smallest absolute Gasteiger partial charge is 0.0119 e. The predicted octanol–water partition coefficient (Wildman–Crippen LogP) is 2.50. The molecule has 1 rings (SSSR count). The van der Waals surface area contributed by atoms with Crippen LogP contribution in [0.1, 0.15) is 46.5 Å². The van der Waals surface area contributed by atoms with Crippen LogP contribution in [0.15, 0.2) is 0 Å². The van der Waals surface area contributed by atoms with E-state index >= 15 is 0 Å². The Bertz CT molecular complexity index is 153. The van der Waals surface area contributed by atoms with Crippen molar-refractivity contribution in [2.24, 2.45) is 5.92 Å². The molecule has 1 unspecified atom stereocenters. The lowest BCUT2D eigenvalue weighted by molar-refractivity contribution is 0.146. The Morgan fingerprint density at radius 3 is 2.47 bits per heavy atom. The summed E-state index contributed by atoms with van der Waals surface area (Å²) in [6, 6.07) is 0.843. The highest BCUT2D eigenvalue weighted by molar-refractivity contribution is 4.78. The molecular formula is C13H28N2. The highest BCUT2D eigenvalue weighted by Gasteiger charge is 2.20. The molecule has 0 aliphatic carbocycles. The summed E-state index contributed by atoms with van der Waals surface area (Å²) in [6.07, 6.45) is 5.38. The summed E-state index contributed by atoms with van der Waals surface area (Å²) in [7, 11) is 0. The van der Waals surface area contributed by atoms with Crippen molar-refractivity contribution in [2.45, 2.75) is 52.5 Å². The molecule has 15 heavy (non-hydrogen) atoms. The van der Waals surface area contributed by atoms with Gasteiger partial charge in [-0.25, -0.2) is 0 Å². The van der Waals surface area contributed by atoms with Crippen molar-refractivity contribution in [1.29, 1.82) is 0 Å². The molecule has 2 heteroatoms. The Labute approximate surface area is 95.4 Å². The zero-order valence-electron chi connectivity index (χ0n) is 10.8. The van der Waals surface area contributed by atoms with Crippen LogP contribution in [0.5, 0.6) is 0 Å². The second-order valence-corrected chi connectivity index (χ2v) is 4.96. The largest absolute Gasteiger partial charge is 0.317 e. The van der Waals surface area contributed by atoms with Crippen LogP contribution >= 0.6 is 0 Å². The van der Waals surface area contributed by atoms with Crippen molar-refractivity contribution in [2.75, 3.05) is 26.2 Å². The lowest BCUT2D eigenvalue weighted by Gasteiger charge is -2.35. The van der Waals surface area contributed by atoms with Crippen LogP contribution in [0.4, 0.5) is 0 Å². The van der Waals surface area contributed by atoms with Gasteiger partial charge >= 0.3 is 0 Å². The van der Waals surface area contributed by atoms with E-state index < -0.39 is 0 Å². The lowest BCUT2D eigenvalue weighted by atomic mass is 10.0. The first-order valence-corrected chi connectivity index (χ1v) is 6.72. The van der Waals surface area contributed by atoms with Gasteiger partial charge in [0.25, 0.3) is 0 Å². The van der Waals surface area contributed by atoms with E-state index in [1.807, 2.05) is 0 Å². The van der Waals surface area contributed by atoms with Crippen molar-refractivity contribution in [3.63, 3.8) is 0 Å². The second kappa shape index (κ2) is 7.24. The standard InChI is InChI=1S/C13H28N2/c1-4-6-12(3)11-15(5-2)13-7-9-14-10-8-13/h12-14H,4-11H2,1-3H3. The Morgan fingerprint density at radius 1 is 1.27 bits per heavy atom. The number of rotatable bonds is 6. The van der Waals surface area contributed by atoms with Crippen LogP contribution in [-0.2, 0) is 0 Å². The van der Waals surface area contributed by atoms with Crippen molar-refractivity contribution < 1.29 is 0 Å². The fourth-order valence-electron chi connectivity index (χ4n) is 2.69. The Balaban J connectivity index is 2.32. The Morgan fingerprint density at radius 2 is 1.93 bits per heavy atom. The summed E-state index contributed by atoms with van der Waals surface area (Å²) in [5, 5.41) is 3.45. The van der Waals surface area contributed by atoms with E-state index in [9.17, 15) is 0 Å². The quantitative estimate of drug-likeness (QED) is 0.728. The maximum atomic E-state index is 3.45. The summed E-state index contributed by atoms with van der Waals surface area (Å²) in [4.78, 5) is 2.70. The average Bonchev–Trinajstić information content (AvgIpc) is 2.27. The van der Waals surface area contributed by atoms with E-state index in [1.54, 1.807) is 0 Å². The number of nitrogens with one attached hydrogen (secondary N) is 1. The third-order valence-electron chi connectivity index (χ3n) is 3.56. The van der Waals surface area contributed by atoms with Crippen molar-refractivity contribution in [3.8, 4) is 0 Å². The molecule has 1 heterocycles. The summed E-state index contributed by atoms with van der Waals surface area (Å²) in [6.45, 7) is 11.9. The summed E-state index contributed by atoms with van der Waals surface area (Å²) < 4.78 is 0. The van der Waals surface area contributed by atoms with Crippen LogP contribution in [0.25, 0.3) is 0 Å². The van der Waals surface area contributed by atoms with E-state index in [0.717, 1.165) is 12.0 Å². The van der Waals surface area contributed by atoms with Gasteiger partial charge in [-0.2, -0.15) is 0 Å². The molecule has 0 amide bonds. The zero-order valence-corrected chi connectivity index (χ0v) is 10.8. The van der Waals surface area contributed by atoms with Gasteiger partial charge in [-0.15, -0.1) is 0 Å². The van der Waals surface area contributed by atoms with E-state index in [2.05, 4.69) is 31.0 Å². The van der Waals surface area contributed by atoms with Gasteiger partial charge in [0.1, 0.15) is 0 Å². The fourth-order valence-corrected chi connectivity index (χ4v) is 2.69. The minimum atomic E-state index is 0.843. The van der Waals surface area contributed by atoms with Crippen LogP contribution in [0.2, 0.25) is 0 Å². The summed E-state index contributed by atoms with van der Waals surface area (Å²) >= 11 is 0. The highest BCUT2D eigenvalue weighted by Crippen LogP contribution is 2.15. The molecule has 0 saturated carbocycles. The van der Waals surface area contributed by atoms with E-state index in [0.29, 0.717) is 0 Å². The molecule has 0 spiro atoms. The molecular weight excluding hydrogens is 184 g/mol. The van der Waals surface area contributed by atoms with Gasteiger partial charge < -0.3 is 10.2 Å². The Kier molecular flexibility index (Phi) is 6.26. The monoisotopic (exact) mass is 212 g/mol. The first kappa shape index (κ1) is 13.0. The number of hydrogen-bond donors (Lipinski definition) is 1. The lowest BCUT2D eigenvalue weighted by Crippen LogP contribution is -2.44. The van der Waals surface area contributed by atoms with Crippen molar-refractivity contribution >= 4 is 0 Å². The fraction of sp³-hybridized carbons (Fsp3) is 1.00. The van der Waals surface area contributed by atoms with Crippen molar-refractivity contribution in [1.82, 2.24) is 10.2 Å². The first-order chi connectivity index (χ1) is 7.27. The molecule has 1 atom stereocenters. The van der Waals surface area contributed by atoms with Gasteiger partial charge in [-0.1, -0.05) is 27.2 Å². The van der Waals surface area contributed by atoms with E-state index in [-0.39, 0.29) is 0 Å². The van der Waals surface area contributed by atoms with Gasteiger partial charge in [0.05, 0.1) is 0 Å². The zero-order chi connectivity index (χ0) is 11.1. The van der Waals surface area contributed by atoms with Crippen molar-refractivity contribution in [3.05, 3.63) is 0 Å². The van der Waals surface area contributed by atoms with Gasteiger partial charge in [0, 0.05) is 12.6 Å². The number of piperidine rings is 1. The number of hydrogen-bond acceptors (Lipinski definition) is 2. The van der Waals surface area contributed by atoms with E-state index in [4.69, 9.17) is 0 Å². The molecule has 0 aromatic carbocycles. The molecule has 1 N–H and O–H groups in total. The van der Waals surface area contributed by atoms with Crippen LogP contribution in [0.3, 0.4) is 0 Å². The molecule has 0 radical (unpaired) electrons. The summed E-state index contributed by atoms with van der Waals surface area (Å²) in [5.41, 5.74) is 0. The Hall–Kier alpha value is -0.0800. The molecule has 2 nitrogen and oxygen atoms in total. The van der Waals surface area contributed by atoms with Gasteiger partial charge in [-0.05, 0) is 44.8 Å².